The molecule has 1 aromatic carbocycles. The maximum Gasteiger partial charge on any atom is 0.307 e. The molecule has 1 aromatic rings. The molecule has 0 atom stereocenters. The third kappa shape index (κ3) is 2.92. The zero-order valence-corrected chi connectivity index (χ0v) is 9.81. The third-order valence-electron chi connectivity index (χ3n) is 2.23. The fourth-order valence-electron chi connectivity index (χ4n) is 1.52. The molecule has 1 aliphatic heterocycles. The molecule has 0 unspecified atom stereocenters. The predicted octanol–water partition coefficient (Wildman–Crippen LogP) is 2.79. The van der Waals surface area contributed by atoms with Crippen LogP contribution in [0.5, 0.6) is 0 Å². The number of rotatable bonds is 3. The first-order valence-electron chi connectivity index (χ1n) is 4.79. The number of thioether (sulfide) groups is 2. The first-order chi connectivity index (χ1) is 7.25. The number of benzene rings is 1. The second kappa shape index (κ2) is 4.94. The van der Waals surface area contributed by atoms with E-state index in [0.717, 1.165) is 5.56 Å². The van der Waals surface area contributed by atoms with Crippen LogP contribution in [0.2, 0.25) is 0 Å². The Morgan fingerprint density at radius 2 is 1.87 bits per heavy atom. The summed E-state index contributed by atoms with van der Waals surface area (Å²) in [4.78, 5) is 10.5. The molecule has 0 aromatic heterocycles. The Labute approximate surface area is 97.5 Å². The summed E-state index contributed by atoms with van der Waals surface area (Å²) in [5, 5.41) is 8.64. The molecule has 2 nitrogen and oxygen atoms in total. The van der Waals surface area contributed by atoms with Gasteiger partial charge in [0.15, 0.2) is 0 Å². The molecule has 15 heavy (non-hydrogen) atoms. The number of hydrogen-bond donors (Lipinski definition) is 1. The number of carboxylic acid groups (broad SMARTS) is 1. The van der Waals surface area contributed by atoms with E-state index in [0.29, 0.717) is 4.58 Å². The molecule has 4 heteroatoms. The molecule has 0 radical (unpaired) electrons. The summed E-state index contributed by atoms with van der Waals surface area (Å²) in [7, 11) is 0. The minimum atomic E-state index is -0.771. The lowest BCUT2D eigenvalue weighted by Gasteiger charge is -2.08. The molecule has 0 amide bonds. The van der Waals surface area contributed by atoms with Gasteiger partial charge in [-0.15, -0.1) is 23.5 Å². The van der Waals surface area contributed by atoms with Gasteiger partial charge in [0.25, 0.3) is 0 Å². The van der Waals surface area contributed by atoms with Gasteiger partial charge in [-0.2, -0.15) is 0 Å². The largest absolute Gasteiger partial charge is 0.481 e. The van der Waals surface area contributed by atoms with Gasteiger partial charge in [0.2, 0.25) is 0 Å². The summed E-state index contributed by atoms with van der Waals surface area (Å²) in [6, 6.07) is 7.94. The lowest BCUT2D eigenvalue weighted by Crippen LogP contribution is -1.99. The first kappa shape index (κ1) is 10.9. The summed E-state index contributed by atoms with van der Waals surface area (Å²) >= 11 is 3.92. The van der Waals surface area contributed by atoms with Crippen LogP contribution in [0.4, 0.5) is 0 Å². The Kier molecular flexibility index (Phi) is 3.59. The van der Waals surface area contributed by atoms with Gasteiger partial charge in [-0.25, -0.2) is 0 Å². The van der Waals surface area contributed by atoms with Crippen LogP contribution in [0, 0.1) is 0 Å². The van der Waals surface area contributed by atoms with Gasteiger partial charge in [0.1, 0.15) is 0 Å². The van der Waals surface area contributed by atoms with E-state index in [9.17, 15) is 4.79 Å². The van der Waals surface area contributed by atoms with E-state index in [4.69, 9.17) is 5.11 Å². The van der Waals surface area contributed by atoms with E-state index in [2.05, 4.69) is 0 Å². The van der Waals surface area contributed by atoms with Crippen molar-refractivity contribution in [2.24, 2.45) is 0 Å². The van der Waals surface area contributed by atoms with Crippen LogP contribution < -0.4 is 0 Å². The molecule has 1 N–H and O–H groups in total. The molecule has 0 bridgehead atoms. The Morgan fingerprint density at radius 3 is 2.40 bits per heavy atom. The number of carbonyl (C=O) groups is 1. The highest BCUT2D eigenvalue weighted by atomic mass is 32.2. The number of aliphatic carboxylic acids is 1. The summed E-state index contributed by atoms with van der Waals surface area (Å²) in [5.41, 5.74) is 2.18. The van der Waals surface area contributed by atoms with Gasteiger partial charge in [-0.05, 0) is 11.1 Å². The van der Waals surface area contributed by atoms with Crippen LogP contribution in [0.15, 0.2) is 24.3 Å². The molecule has 0 aliphatic carbocycles. The van der Waals surface area contributed by atoms with E-state index < -0.39 is 5.97 Å². The number of carboxylic acids is 1. The van der Waals surface area contributed by atoms with Crippen molar-refractivity contribution in [2.45, 2.75) is 11.0 Å². The third-order valence-corrected chi connectivity index (χ3v) is 5.33. The van der Waals surface area contributed by atoms with Crippen LogP contribution in [-0.4, -0.2) is 22.6 Å². The van der Waals surface area contributed by atoms with E-state index in [1.54, 1.807) is 0 Å². The van der Waals surface area contributed by atoms with Crippen LogP contribution in [-0.2, 0) is 11.2 Å². The normalized spacial score (nSPS) is 16.8. The highest BCUT2D eigenvalue weighted by Crippen LogP contribution is 2.45. The van der Waals surface area contributed by atoms with Crippen molar-refractivity contribution >= 4 is 29.5 Å². The summed E-state index contributed by atoms with van der Waals surface area (Å²) in [6.07, 6.45) is 0.116. The standard InChI is InChI=1S/C11H12O2S2/c12-10(13)7-8-1-3-9(4-2-8)11-14-5-6-15-11/h1-4,11H,5-7H2,(H,12,13). The molecule has 0 spiro atoms. The van der Waals surface area contributed by atoms with Crippen molar-refractivity contribution in [1.29, 1.82) is 0 Å². The van der Waals surface area contributed by atoms with Crippen LogP contribution >= 0.6 is 23.5 Å². The maximum absolute atomic E-state index is 10.5. The van der Waals surface area contributed by atoms with Gasteiger partial charge in [0, 0.05) is 11.5 Å². The minimum absolute atomic E-state index is 0.116. The SMILES string of the molecule is O=C(O)Cc1ccc(C2SCCS2)cc1. The second-order valence-corrected chi connectivity index (χ2v) is 6.11. The smallest absolute Gasteiger partial charge is 0.307 e. The second-order valence-electron chi connectivity index (χ2n) is 3.39. The van der Waals surface area contributed by atoms with Crippen LogP contribution in [0.3, 0.4) is 0 Å². The topological polar surface area (TPSA) is 37.3 Å². The molecule has 1 saturated heterocycles. The van der Waals surface area contributed by atoms with Gasteiger partial charge in [-0.1, -0.05) is 24.3 Å². The van der Waals surface area contributed by atoms with E-state index in [1.165, 1.54) is 17.1 Å². The molecule has 0 saturated carbocycles. The summed E-state index contributed by atoms with van der Waals surface area (Å²) in [6.45, 7) is 0. The minimum Gasteiger partial charge on any atom is -0.481 e. The Hall–Kier alpha value is -0.610. The summed E-state index contributed by atoms with van der Waals surface area (Å²) < 4.78 is 0.545. The van der Waals surface area contributed by atoms with Crippen molar-refractivity contribution in [3.8, 4) is 0 Å². The van der Waals surface area contributed by atoms with Crippen molar-refractivity contribution in [1.82, 2.24) is 0 Å². The highest BCUT2D eigenvalue weighted by molar-refractivity contribution is 8.19. The maximum atomic E-state index is 10.5. The van der Waals surface area contributed by atoms with Crippen molar-refractivity contribution in [3.05, 3.63) is 35.4 Å². The predicted molar refractivity (Wildman–Crippen MR) is 65.4 cm³/mol. The van der Waals surface area contributed by atoms with E-state index >= 15 is 0 Å². The average Bonchev–Trinajstić information content (AvgIpc) is 2.71. The first-order valence-corrected chi connectivity index (χ1v) is 6.89. The Bertz CT molecular complexity index is 342. The van der Waals surface area contributed by atoms with Crippen LogP contribution in [0.25, 0.3) is 0 Å². The van der Waals surface area contributed by atoms with Crippen molar-refractivity contribution in [3.63, 3.8) is 0 Å². The fourth-order valence-corrected chi connectivity index (χ4v) is 4.38. The highest BCUT2D eigenvalue weighted by Gasteiger charge is 2.17. The van der Waals surface area contributed by atoms with E-state index in [1.807, 2.05) is 47.8 Å². The summed E-state index contributed by atoms with van der Waals surface area (Å²) in [5.74, 6) is 1.66. The zero-order chi connectivity index (χ0) is 10.7. The van der Waals surface area contributed by atoms with Gasteiger partial charge in [0.05, 0.1) is 11.0 Å². The van der Waals surface area contributed by atoms with Gasteiger partial charge < -0.3 is 5.11 Å². The molecule has 2 rings (SSSR count). The Balaban J connectivity index is 2.06. The van der Waals surface area contributed by atoms with Crippen LogP contribution in [0.1, 0.15) is 15.7 Å². The Morgan fingerprint density at radius 1 is 1.27 bits per heavy atom. The fraction of sp³-hybridized carbons (Fsp3) is 0.364. The molecule has 1 heterocycles. The van der Waals surface area contributed by atoms with Crippen molar-refractivity contribution < 1.29 is 9.90 Å². The molecular formula is C11H12O2S2. The molecule has 1 fully saturated rings. The van der Waals surface area contributed by atoms with Gasteiger partial charge in [-0.3, -0.25) is 4.79 Å². The number of hydrogen-bond acceptors (Lipinski definition) is 3. The molecule has 1 aliphatic rings. The van der Waals surface area contributed by atoms with Gasteiger partial charge >= 0.3 is 5.97 Å². The monoisotopic (exact) mass is 240 g/mol. The quantitative estimate of drug-likeness (QED) is 0.881. The molecular weight excluding hydrogens is 228 g/mol. The van der Waals surface area contributed by atoms with Crippen molar-refractivity contribution in [2.75, 3.05) is 11.5 Å². The lowest BCUT2D eigenvalue weighted by atomic mass is 10.1. The molecule has 80 valence electrons. The van der Waals surface area contributed by atoms with E-state index in [-0.39, 0.29) is 6.42 Å². The zero-order valence-electron chi connectivity index (χ0n) is 8.18. The average molecular weight is 240 g/mol. The lowest BCUT2D eigenvalue weighted by molar-refractivity contribution is -0.136.